The van der Waals surface area contributed by atoms with Crippen molar-refractivity contribution in [1.82, 2.24) is 10.6 Å². The number of hydrogen-bond donors (Lipinski definition) is 4. The molecule has 0 heterocycles. The minimum atomic E-state index is -0.970. The molecule has 0 saturated carbocycles. The summed E-state index contributed by atoms with van der Waals surface area (Å²) in [6.07, 6.45) is 1.19. The number of carbonyl (C=O) groups is 3. The summed E-state index contributed by atoms with van der Waals surface area (Å²) in [6, 6.07) is 25.1. The number of alkyl carbamates (subject to hydrolysis) is 1. The third-order valence-electron chi connectivity index (χ3n) is 5.93. The summed E-state index contributed by atoms with van der Waals surface area (Å²) in [6.45, 7) is 0.547. The zero-order chi connectivity index (χ0) is 26.5. The average Bonchev–Trinajstić information content (AvgIpc) is 2.92. The summed E-state index contributed by atoms with van der Waals surface area (Å²) < 4.78 is 5.32. The summed E-state index contributed by atoms with van der Waals surface area (Å²) in [5, 5.41) is 5.34. The first kappa shape index (κ1) is 27.4. The summed E-state index contributed by atoms with van der Waals surface area (Å²) in [4.78, 5) is 37.7. The summed E-state index contributed by atoms with van der Waals surface area (Å²) in [7, 11) is 0. The molecule has 0 aliphatic rings. The third kappa shape index (κ3) is 9.09. The fraction of sp³-hybridized carbons (Fsp3) is 0.276. The van der Waals surface area contributed by atoms with E-state index in [4.69, 9.17) is 16.2 Å². The Hall–Kier alpha value is -4.17. The molecule has 0 saturated heterocycles. The van der Waals surface area contributed by atoms with Gasteiger partial charge in [-0.15, -0.1) is 0 Å². The molecule has 0 aliphatic heterocycles. The quantitative estimate of drug-likeness (QED) is 0.266. The van der Waals surface area contributed by atoms with Crippen LogP contribution in [0, 0.1) is 0 Å². The lowest BCUT2D eigenvalue weighted by molar-refractivity contribution is -0.128. The minimum absolute atomic E-state index is 0.0653. The van der Waals surface area contributed by atoms with E-state index < -0.39 is 30.0 Å². The van der Waals surface area contributed by atoms with Gasteiger partial charge >= 0.3 is 6.09 Å². The maximum atomic E-state index is 13.2. The number of nitrogens with one attached hydrogen (secondary N) is 2. The molecule has 194 valence electrons. The second kappa shape index (κ2) is 14.4. The van der Waals surface area contributed by atoms with E-state index in [-0.39, 0.29) is 13.0 Å². The van der Waals surface area contributed by atoms with Crippen LogP contribution in [0.3, 0.4) is 0 Å². The fourth-order valence-corrected chi connectivity index (χ4v) is 3.87. The van der Waals surface area contributed by atoms with Crippen molar-refractivity contribution in [2.24, 2.45) is 11.5 Å². The van der Waals surface area contributed by atoms with E-state index in [1.54, 1.807) is 0 Å². The van der Waals surface area contributed by atoms with Gasteiger partial charge in [0.2, 0.25) is 11.8 Å². The van der Waals surface area contributed by atoms with Crippen LogP contribution in [0.2, 0.25) is 0 Å². The van der Waals surface area contributed by atoms with E-state index >= 15 is 0 Å². The van der Waals surface area contributed by atoms with Crippen LogP contribution in [0.4, 0.5) is 4.79 Å². The van der Waals surface area contributed by atoms with Crippen LogP contribution in [-0.4, -0.2) is 36.5 Å². The van der Waals surface area contributed by atoms with Crippen LogP contribution < -0.4 is 22.1 Å². The Balaban J connectivity index is 1.70. The zero-order valence-corrected chi connectivity index (χ0v) is 20.8. The number of benzene rings is 3. The van der Waals surface area contributed by atoms with Gasteiger partial charge in [0, 0.05) is 6.42 Å². The van der Waals surface area contributed by atoms with Gasteiger partial charge in [-0.3, -0.25) is 9.59 Å². The summed E-state index contributed by atoms with van der Waals surface area (Å²) >= 11 is 0. The fourth-order valence-electron chi connectivity index (χ4n) is 3.87. The van der Waals surface area contributed by atoms with E-state index in [1.807, 2.05) is 84.9 Å². The van der Waals surface area contributed by atoms with Crippen LogP contribution in [0.5, 0.6) is 0 Å². The first-order valence-corrected chi connectivity index (χ1v) is 12.4. The molecular formula is C29H34N4O4. The normalized spacial score (nSPS) is 12.2. The second-order valence-corrected chi connectivity index (χ2v) is 8.77. The largest absolute Gasteiger partial charge is 0.445 e. The van der Waals surface area contributed by atoms with Crippen LogP contribution >= 0.6 is 0 Å². The number of carbonyl (C=O) groups excluding carboxylic acids is 3. The molecule has 2 atom stereocenters. The standard InChI is InChI=1S/C29H34N4O4/c30-18-8-7-13-25(27(31)34)32-28(35)26(33-29(36)37-20-22-9-3-1-4-10-22)19-21-14-16-24(17-15-21)23-11-5-2-6-12-23/h1-6,9-12,14-17,25-26H,7-8,13,18-20,30H2,(H2,31,34)(H,32,35)(H,33,36)/t25-,26-/m0/s1. The van der Waals surface area contributed by atoms with Crippen molar-refractivity contribution in [2.75, 3.05) is 6.54 Å². The van der Waals surface area contributed by atoms with Crippen molar-refractivity contribution >= 4 is 17.9 Å². The highest BCUT2D eigenvalue weighted by molar-refractivity contribution is 5.90. The highest BCUT2D eigenvalue weighted by Gasteiger charge is 2.26. The molecule has 0 radical (unpaired) electrons. The van der Waals surface area contributed by atoms with Crippen LogP contribution in [-0.2, 0) is 27.4 Å². The maximum Gasteiger partial charge on any atom is 0.408 e. The number of hydrogen-bond acceptors (Lipinski definition) is 5. The van der Waals surface area contributed by atoms with Crippen molar-refractivity contribution < 1.29 is 19.1 Å². The summed E-state index contributed by atoms with van der Waals surface area (Å²) in [5.74, 6) is -1.15. The van der Waals surface area contributed by atoms with E-state index in [9.17, 15) is 14.4 Å². The molecule has 0 bridgehead atoms. The second-order valence-electron chi connectivity index (χ2n) is 8.77. The van der Waals surface area contributed by atoms with Gasteiger partial charge in [0.1, 0.15) is 18.7 Å². The smallest absolute Gasteiger partial charge is 0.408 e. The molecule has 8 heteroatoms. The van der Waals surface area contributed by atoms with Gasteiger partial charge in [0.25, 0.3) is 0 Å². The van der Waals surface area contributed by atoms with Crippen molar-refractivity contribution in [3.8, 4) is 11.1 Å². The Morgan fingerprint density at radius 1 is 0.730 bits per heavy atom. The van der Waals surface area contributed by atoms with Crippen molar-refractivity contribution in [2.45, 2.75) is 44.4 Å². The topological polar surface area (TPSA) is 137 Å². The third-order valence-corrected chi connectivity index (χ3v) is 5.93. The number of nitrogens with two attached hydrogens (primary N) is 2. The number of ether oxygens (including phenoxy) is 1. The van der Waals surface area contributed by atoms with E-state index in [2.05, 4.69) is 10.6 Å². The molecule has 3 rings (SSSR count). The molecule has 3 amide bonds. The zero-order valence-electron chi connectivity index (χ0n) is 20.8. The van der Waals surface area contributed by atoms with Crippen LogP contribution in [0.1, 0.15) is 30.4 Å². The molecule has 0 aromatic heterocycles. The van der Waals surface area contributed by atoms with Gasteiger partial charge in [-0.1, -0.05) is 84.9 Å². The van der Waals surface area contributed by atoms with Gasteiger partial charge < -0.3 is 26.8 Å². The van der Waals surface area contributed by atoms with E-state index in [0.29, 0.717) is 25.8 Å². The number of rotatable bonds is 13. The predicted octanol–water partition coefficient (Wildman–Crippen LogP) is 3.29. The van der Waals surface area contributed by atoms with Crippen LogP contribution in [0.15, 0.2) is 84.9 Å². The number of amides is 3. The highest BCUT2D eigenvalue weighted by atomic mass is 16.5. The lowest BCUT2D eigenvalue weighted by atomic mass is 10.00. The van der Waals surface area contributed by atoms with Gasteiger partial charge in [0.15, 0.2) is 0 Å². The van der Waals surface area contributed by atoms with Crippen molar-refractivity contribution in [1.29, 1.82) is 0 Å². The maximum absolute atomic E-state index is 13.2. The first-order chi connectivity index (χ1) is 18.0. The average molecular weight is 503 g/mol. The predicted molar refractivity (Wildman–Crippen MR) is 143 cm³/mol. The Bertz CT molecular complexity index is 1140. The number of unbranched alkanes of at least 4 members (excludes halogenated alkanes) is 1. The SMILES string of the molecule is NCCCC[C@H](NC(=O)[C@H](Cc1ccc(-c2ccccc2)cc1)NC(=O)OCc1ccccc1)C(N)=O. The van der Waals surface area contributed by atoms with E-state index in [0.717, 1.165) is 22.3 Å². The summed E-state index contributed by atoms with van der Waals surface area (Å²) in [5.41, 5.74) is 14.8. The molecule has 8 nitrogen and oxygen atoms in total. The Morgan fingerprint density at radius 3 is 1.97 bits per heavy atom. The van der Waals surface area contributed by atoms with Crippen LogP contribution in [0.25, 0.3) is 11.1 Å². The lowest BCUT2D eigenvalue weighted by Gasteiger charge is -2.22. The minimum Gasteiger partial charge on any atom is -0.445 e. The molecule has 0 spiro atoms. The van der Waals surface area contributed by atoms with Gasteiger partial charge in [0.05, 0.1) is 0 Å². The van der Waals surface area contributed by atoms with Gasteiger partial charge in [-0.05, 0) is 48.1 Å². The molecular weight excluding hydrogens is 468 g/mol. The molecule has 0 unspecified atom stereocenters. The molecule has 37 heavy (non-hydrogen) atoms. The van der Waals surface area contributed by atoms with Gasteiger partial charge in [-0.2, -0.15) is 0 Å². The molecule has 0 aliphatic carbocycles. The molecule has 3 aromatic carbocycles. The Labute approximate surface area is 217 Å². The molecule has 6 N–H and O–H groups in total. The lowest BCUT2D eigenvalue weighted by Crippen LogP contribution is -2.53. The number of primary amides is 1. The molecule has 3 aromatic rings. The highest BCUT2D eigenvalue weighted by Crippen LogP contribution is 2.20. The first-order valence-electron chi connectivity index (χ1n) is 12.4. The Kier molecular flexibility index (Phi) is 10.7. The van der Waals surface area contributed by atoms with Crippen molar-refractivity contribution in [3.05, 3.63) is 96.1 Å². The monoisotopic (exact) mass is 502 g/mol. The van der Waals surface area contributed by atoms with Gasteiger partial charge in [-0.25, -0.2) is 4.79 Å². The van der Waals surface area contributed by atoms with Crippen molar-refractivity contribution in [3.63, 3.8) is 0 Å². The molecule has 0 fully saturated rings. The Morgan fingerprint density at radius 2 is 1.35 bits per heavy atom. The van der Waals surface area contributed by atoms with E-state index in [1.165, 1.54) is 0 Å².